The molecular weight excluding hydrogens is 396 g/mol. The van der Waals surface area contributed by atoms with E-state index in [0.29, 0.717) is 5.95 Å². The summed E-state index contributed by atoms with van der Waals surface area (Å²) in [5.41, 5.74) is 2.89. The molecule has 0 aliphatic carbocycles. The second kappa shape index (κ2) is 6.95. The molecule has 2 aromatic heterocycles. The number of fused-ring (bicyclic) bond motifs is 2. The van der Waals surface area contributed by atoms with Gasteiger partial charge in [-0.1, -0.05) is 11.8 Å². The van der Waals surface area contributed by atoms with Crippen LogP contribution in [0, 0.1) is 0 Å². The SMILES string of the molecule is COc1ccc(-c2csc3nc(NC(=O)CC4=CSC5=NCCN45)nn23)cc1. The van der Waals surface area contributed by atoms with E-state index in [0.717, 1.165) is 45.9 Å². The van der Waals surface area contributed by atoms with Gasteiger partial charge in [0.15, 0.2) is 5.17 Å². The highest BCUT2D eigenvalue weighted by Gasteiger charge is 2.27. The molecule has 0 saturated heterocycles. The second-order valence-electron chi connectivity index (χ2n) is 6.25. The zero-order valence-corrected chi connectivity index (χ0v) is 16.6. The Hall–Kier alpha value is -2.85. The van der Waals surface area contributed by atoms with E-state index in [9.17, 15) is 4.79 Å². The van der Waals surface area contributed by atoms with Gasteiger partial charge in [-0.3, -0.25) is 15.1 Å². The van der Waals surface area contributed by atoms with Crippen LogP contribution in [0.4, 0.5) is 5.95 Å². The maximum absolute atomic E-state index is 12.5. The molecule has 10 heteroatoms. The summed E-state index contributed by atoms with van der Waals surface area (Å²) < 4.78 is 6.95. The molecule has 1 amide bonds. The molecule has 5 rings (SSSR count). The smallest absolute Gasteiger partial charge is 0.250 e. The molecule has 0 bridgehead atoms. The number of hydrogen-bond acceptors (Lipinski definition) is 8. The largest absolute Gasteiger partial charge is 0.497 e. The topological polar surface area (TPSA) is 84.1 Å². The first kappa shape index (κ1) is 17.3. The molecule has 1 aromatic carbocycles. The highest BCUT2D eigenvalue weighted by atomic mass is 32.2. The number of amides is 1. The van der Waals surface area contributed by atoms with Crippen LogP contribution >= 0.6 is 23.1 Å². The number of carbonyl (C=O) groups is 1. The van der Waals surface area contributed by atoms with Gasteiger partial charge >= 0.3 is 0 Å². The standard InChI is InChI=1S/C18H16N6O2S2/c1-26-13-4-2-11(3-5-13)14-10-28-18-21-16(22-24(14)18)20-15(25)8-12-9-27-17-19-6-7-23(12)17/h2-5,9-10H,6-8H2,1H3,(H,20,22,25). The van der Waals surface area contributed by atoms with E-state index in [1.807, 2.05) is 35.1 Å². The fourth-order valence-electron chi connectivity index (χ4n) is 3.14. The molecule has 28 heavy (non-hydrogen) atoms. The van der Waals surface area contributed by atoms with E-state index in [4.69, 9.17) is 4.74 Å². The number of methoxy groups -OCH3 is 1. The van der Waals surface area contributed by atoms with Crippen molar-refractivity contribution >= 4 is 45.1 Å². The minimum Gasteiger partial charge on any atom is -0.497 e. The lowest BCUT2D eigenvalue weighted by atomic mass is 10.2. The normalized spacial score (nSPS) is 15.5. The number of anilines is 1. The van der Waals surface area contributed by atoms with Gasteiger partial charge in [-0.2, -0.15) is 4.98 Å². The van der Waals surface area contributed by atoms with E-state index in [-0.39, 0.29) is 12.3 Å². The fraction of sp³-hybridized carbons (Fsp3) is 0.222. The first-order valence-corrected chi connectivity index (χ1v) is 10.4. The molecule has 2 aliphatic heterocycles. The molecule has 0 radical (unpaired) electrons. The summed E-state index contributed by atoms with van der Waals surface area (Å²) in [5.74, 6) is 0.977. The number of carbonyl (C=O) groups excluding carboxylic acids is 1. The summed E-state index contributed by atoms with van der Waals surface area (Å²) in [5, 5.41) is 12.2. The van der Waals surface area contributed by atoms with Crippen molar-refractivity contribution in [2.75, 3.05) is 25.5 Å². The van der Waals surface area contributed by atoms with Crippen LogP contribution in [0.3, 0.4) is 0 Å². The highest BCUT2D eigenvalue weighted by Crippen LogP contribution is 2.31. The molecule has 1 N–H and O–H groups in total. The average molecular weight is 413 g/mol. The number of aliphatic imine (C=N–C) groups is 1. The van der Waals surface area contributed by atoms with Gasteiger partial charge in [0.1, 0.15) is 5.75 Å². The quantitative estimate of drug-likeness (QED) is 0.693. The van der Waals surface area contributed by atoms with Crippen LogP contribution in [-0.2, 0) is 4.79 Å². The second-order valence-corrected chi connectivity index (χ2v) is 7.92. The van der Waals surface area contributed by atoms with Crippen LogP contribution in [-0.4, -0.2) is 50.8 Å². The Labute approximate surface area is 168 Å². The number of benzene rings is 1. The van der Waals surface area contributed by atoms with E-state index >= 15 is 0 Å². The van der Waals surface area contributed by atoms with E-state index in [1.165, 1.54) is 11.3 Å². The van der Waals surface area contributed by atoms with E-state index in [1.54, 1.807) is 23.4 Å². The van der Waals surface area contributed by atoms with Crippen LogP contribution < -0.4 is 10.1 Å². The molecule has 0 unspecified atom stereocenters. The van der Waals surface area contributed by atoms with Crippen LogP contribution in [0.1, 0.15) is 6.42 Å². The third-order valence-electron chi connectivity index (χ3n) is 4.51. The lowest BCUT2D eigenvalue weighted by Gasteiger charge is -2.15. The van der Waals surface area contributed by atoms with Gasteiger partial charge in [0, 0.05) is 23.2 Å². The van der Waals surface area contributed by atoms with E-state index in [2.05, 4.69) is 25.3 Å². The van der Waals surface area contributed by atoms with Crippen LogP contribution in [0.15, 0.2) is 45.7 Å². The Kier molecular flexibility index (Phi) is 4.29. The van der Waals surface area contributed by atoms with Crippen molar-refractivity contribution in [1.82, 2.24) is 19.5 Å². The molecule has 142 valence electrons. The van der Waals surface area contributed by atoms with Crippen molar-refractivity contribution < 1.29 is 9.53 Å². The summed E-state index contributed by atoms with van der Waals surface area (Å²) in [4.78, 5) is 24.1. The van der Waals surface area contributed by atoms with Crippen LogP contribution in [0.5, 0.6) is 5.75 Å². The van der Waals surface area contributed by atoms with Gasteiger partial charge in [-0.25, -0.2) is 4.52 Å². The first-order valence-electron chi connectivity index (χ1n) is 8.67. The Morgan fingerprint density at radius 3 is 3.00 bits per heavy atom. The number of hydrogen-bond donors (Lipinski definition) is 1. The first-order chi connectivity index (χ1) is 13.7. The Balaban J connectivity index is 1.32. The number of thioether (sulfide) groups is 1. The molecule has 0 saturated carbocycles. The van der Waals surface area contributed by atoms with Gasteiger partial charge < -0.3 is 9.64 Å². The van der Waals surface area contributed by atoms with Gasteiger partial charge in [0.2, 0.25) is 16.8 Å². The van der Waals surface area contributed by atoms with Crippen molar-refractivity contribution in [2.45, 2.75) is 6.42 Å². The maximum atomic E-state index is 12.5. The lowest BCUT2D eigenvalue weighted by molar-refractivity contribution is -0.115. The molecule has 2 aliphatic rings. The third kappa shape index (κ3) is 3.04. The number of thiazole rings is 1. The van der Waals surface area contributed by atoms with Crippen LogP contribution in [0.25, 0.3) is 16.2 Å². The number of rotatable bonds is 5. The van der Waals surface area contributed by atoms with Crippen LogP contribution in [0.2, 0.25) is 0 Å². The van der Waals surface area contributed by atoms with Gasteiger partial charge in [-0.15, -0.1) is 16.4 Å². The maximum Gasteiger partial charge on any atom is 0.250 e. The molecule has 8 nitrogen and oxygen atoms in total. The van der Waals surface area contributed by atoms with Crippen molar-refractivity contribution in [2.24, 2.45) is 4.99 Å². The molecular formula is C18H16N6O2S2. The monoisotopic (exact) mass is 412 g/mol. The molecule has 0 spiro atoms. The number of ether oxygens (including phenoxy) is 1. The van der Waals surface area contributed by atoms with Crippen molar-refractivity contribution in [1.29, 1.82) is 0 Å². The zero-order valence-electron chi connectivity index (χ0n) is 15.0. The predicted molar refractivity (Wildman–Crippen MR) is 111 cm³/mol. The highest BCUT2D eigenvalue weighted by molar-refractivity contribution is 8.16. The predicted octanol–water partition coefficient (Wildman–Crippen LogP) is 3.05. The van der Waals surface area contributed by atoms with Gasteiger partial charge in [0.25, 0.3) is 0 Å². The number of nitrogens with zero attached hydrogens (tertiary/aromatic N) is 5. The average Bonchev–Trinajstić information content (AvgIpc) is 3.45. The minimum absolute atomic E-state index is 0.135. The summed E-state index contributed by atoms with van der Waals surface area (Å²) in [6.07, 6.45) is 0.282. The summed E-state index contributed by atoms with van der Waals surface area (Å²) in [6, 6.07) is 7.75. The summed E-state index contributed by atoms with van der Waals surface area (Å²) in [7, 11) is 1.64. The van der Waals surface area contributed by atoms with Crippen molar-refractivity contribution in [3.8, 4) is 17.0 Å². The number of amidine groups is 1. The van der Waals surface area contributed by atoms with Gasteiger partial charge in [0.05, 0.1) is 25.8 Å². The van der Waals surface area contributed by atoms with Gasteiger partial charge in [-0.05, 0) is 29.7 Å². The molecule has 4 heterocycles. The van der Waals surface area contributed by atoms with Crippen molar-refractivity contribution in [3.05, 3.63) is 40.8 Å². The third-order valence-corrected chi connectivity index (χ3v) is 6.28. The Bertz CT molecular complexity index is 1120. The lowest BCUT2D eigenvalue weighted by Crippen LogP contribution is -2.24. The van der Waals surface area contributed by atoms with Crippen molar-refractivity contribution in [3.63, 3.8) is 0 Å². The molecule has 0 fully saturated rings. The Morgan fingerprint density at radius 1 is 1.32 bits per heavy atom. The number of aromatic nitrogens is 3. The minimum atomic E-state index is -0.135. The summed E-state index contributed by atoms with van der Waals surface area (Å²) in [6.45, 7) is 1.62. The molecule has 3 aromatic rings. The van der Waals surface area contributed by atoms with E-state index < -0.39 is 0 Å². The molecule has 0 atom stereocenters. The fourth-order valence-corrected chi connectivity index (χ4v) is 4.93. The summed E-state index contributed by atoms with van der Waals surface area (Å²) >= 11 is 3.05. The number of nitrogens with one attached hydrogen (secondary N) is 1. The Morgan fingerprint density at radius 2 is 2.18 bits per heavy atom. The zero-order chi connectivity index (χ0) is 19.1.